The van der Waals surface area contributed by atoms with Gasteiger partial charge in [0.15, 0.2) is 5.11 Å². The van der Waals surface area contributed by atoms with Gasteiger partial charge in [0, 0.05) is 17.1 Å². The largest absolute Gasteiger partial charge is 0.507 e. The molecule has 0 aliphatic rings. The number of thiocarbonyl (C=S) groups is 1. The van der Waals surface area contributed by atoms with Crippen molar-refractivity contribution in [1.82, 2.24) is 10.7 Å². The smallest absolute Gasteiger partial charge is 0.186 e. The number of halogens is 1. The summed E-state index contributed by atoms with van der Waals surface area (Å²) in [6.45, 7) is 2.66. The van der Waals surface area contributed by atoms with Gasteiger partial charge in [-0.25, -0.2) is 0 Å². The van der Waals surface area contributed by atoms with Crippen LogP contribution in [0.2, 0.25) is 5.02 Å². The van der Waals surface area contributed by atoms with E-state index in [4.69, 9.17) is 23.8 Å². The molecule has 0 atom stereocenters. The van der Waals surface area contributed by atoms with Crippen molar-refractivity contribution in [2.75, 3.05) is 6.54 Å². The van der Waals surface area contributed by atoms with Gasteiger partial charge in [-0.2, -0.15) is 5.10 Å². The first-order chi connectivity index (χ1) is 7.63. The Kier molecular flexibility index (Phi) is 5.01. The molecule has 6 heteroatoms. The lowest BCUT2D eigenvalue weighted by molar-refractivity contribution is 0.474. The third-order valence-corrected chi connectivity index (χ3v) is 2.17. The van der Waals surface area contributed by atoms with Crippen LogP contribution in [0.15, 0.2) is 23.3 Å². The topological polar surface area (TPSA) is 56.7 Å². The maximum absolute atomic E-state index is 9.48. The predicted molar refractivity (Wildman–Crippen MR) is 70.1 cm³/mol. The summed E-state index contributed by atoms with van der Waals surface area (Å²) < 4.78 is 0. The Morgan fingerprint density at radius 3 is 3.06 bits per heavy atom. The number of hydrazone groups is 1. The van der Waals surface area contributed by atoms with Gasteiger partial charge in [0.2, 0.25) is 0 Å². The van der Waals surface area contributed by atoms with Gasteiger partial charge in [-0.1, -0.05) is 11.6 Å². The maximum Gasteiger partial charge on any atom is 0.186 e. The first-order valence-corrected chi connectivity index (χ1v) is 5.47. The standard InChI is InChI=1S/C10H12ClN3OS/c1-2-12-10(16)14-13-6-7-5-8(11)3-4-9(7)15/h3-6,15H,2H2,1H3,(H2,12,14,16). The van der Waals surface area contributed by atoms with Crippen molar-refractivity contribution in [1.29, 1.82) is 0 Å². The molecule has 0 amide bonds. The van der Waals surface area contributed by atoms with Crippen LogP contribution in [0.25, 0.3) is 0 Å². The van der Waals surface area contributed by atoms with Gasteiger partial charge in [-0.3, -0.25) is 5.43 Å². The summed E-state index contributed by atoms with van der Waals surface area (Å²) in [6, 6.07) is 4.72. The van der Waals surface area contributed by atoms with Crippen LogP contribution in [0.1, 0.15) is 12.5 Å². The van der Waals surface area contributed by atoms with Crippen molar-refractivity contribution < 1.29 is 5.11 Å². The number of nitrogens with one attached hydrogen (secondary N) is 2. The maximum atomic E-state index is 9.48. The van der Waals surface area contributed by atoms with E-state index >= 15 is 0 Å². The molecule has 0 aliphatic carbocycles. The van der Waals surface area contributed by atoms with E-state index in [1.807, 2.05) is 6.92 Å². The first kappa shape index (κ1) is 12.7. The first-order valence-electron chi connectivity index (χ1n) is 4.69. The molecule has 3 N–H and O–H groups in total. The SMILES string of the molecule is CCNC(=S)NN=Cc1cc(Cl)ccc1O. The summed E-state index contributed by atoms with van der Waals surface area (Å²) in [4.78, 5) is 0. The van der Waals surface area contributed by atoms with Crippen LogP contribution in [0.4, 0.5) is 0 Å². The molecule has 1 rings (SSSR count). The molecule has 0 aromatic heterocycles. The lowest BCUT2D eigenvalue weighted by Crippen LogP contribution is -2.31. The minimum Gasteiger partial charge on any atom is -0.507 e. The second-order valence-electron chi connectivity index (χ2n) is 2.93. The molecule has 0 heterocycles. The van der Waals surface area contributed by atoms with E-state index in [1.54, 1.807) is 12.1 Å². The number of phenols is 1. The Morgan fingerprint density at radius 2 is 2.38 bits per heavy atom. The summed E-state index contributed by atoms with van der Waals surface area (Å²) in [5, 5.41) is 17.2. The van der Waals surface area contributed by atoms with E-state index in [-0.39, 0.29) is 5.75 Å². The number of rotatable bonds is 3. The fourth-order valence-corrected chi connectivity index (χ4v) is 1.37. The molecule has 1 aromatic rings. The molecular weight excluding hydrogens is 246 g/mol. The fourth-order valence-electron chi connectivity index (χ4n) is 0.989. The number of aromatic hydroxyl groups is 1. The average Bonchev–Trinajstić information content (AvgIpc) is 2.23. The Balaban J connectivity index is 2.62. The van der Waals surface area contributed by atoms with Crippen molar-refractivity contribution in [3.8, 4) is 5.75 Å². The molecule has 0 fully saturated rings. The monoisotopic (exact) mass is 257 g/mol. The predicted octanol–water partition coefficient (Wildman–Crippen LogP) is 1.86. The Morgan fingerprint density at radius 1 is 1.62 bits per heavy atom. The van der Waals surface area contributed by atoms with E-state index in [0.717, 1.165) is 6.54 Å². The van der Waals surface area contributed by atoms with Gasteiger partial charge in [0.05, 0.1) is 6.21 Å². The highest BCUT2D eigenvalue weighted by molar-refractivity contribution is 7.80. The zero-order valence-corrected chi connectivity index (χ0v) is 10.3. The molecule has 0 aliphatic heterocycles. The van der Waals surface area contributed by atoms with Gasteiger partial charge < -0.3 is 10.4 Å². The summed E-state index contributed by atoms with van der Waals surface area (Å²) in [7, 11) is 0. The fraction of sp³-hybridized carbons (Fsp3) is 0.200. The molecular formula is C10H12ClN3OS. The highest BCUT2D eigenvalue weighted by Crippen LogP contribution is 2.19. The molecule has 4 nitrogen and oxygen atoms in total. The van der Waals surface area contributed by atoms with Crippen LogP contribution in [-0.4, -0.2) is 23.0 Å². The van der Waals surface area contributed by atoms with Gasteiger partial charge in [-0.15, -0.1) is 0 Å². The molecule has 0 saturated heterocycles. The number of nitrogens with zero attached hydrogens (tertiary/aromatic N) is 1. The number of phenolic OH excluding ortho intramolecular Hbond substituents is 1. The molecule has 0 radical (unpaired) electrons. The van der Waals surface area contributed by atoms with Crippen LogP contribution in [0.3, 0.4) is 0 Å². The Labute approximate surface area is 104 Å². The molecule has 0 spiro atoms. The van der Waals surface area contributed by atoms with E-state index in [2.05, 4.69) is 15.8 Å². The second kappa shape index (κ2) is 6.30. The Hall–Kier alpha value is -1.33. The van der Waals surface area contributed by atoms with Crippen LogP contribution < -0.4 is 10.7 Å². The molecule has 0 saturated carbocycles. The van der Waals surface area contributed by atoms with Gasteiger partial charge in [-0.05, 0) is 37.3 Å². The average molecular weight is 258 g/mol. The summed E-state index contributed by atoms with van der Waals surface area (Å²) in [5.74, 6) is 0.115. The van der Waals surface area contributed by atoms with Crippen molar-refractivity contribution >= 4 is 35.1 Å². The van der Waals surface area contributed by atoms with Crippen molar-refractivity contribution in [2.45, 2.75) is 6.92 Å². The number of benzene rings is 1. The van der Waals surface area contributed by atoms with E-state index < -0.39 is 0 Å². The van der Waals surface area contributed by atoms with Crippen LogP contribution in [0, 0.1) is 0 Å². The summed E-state index contributed by atoms with van der Waals surface area (Å²) in [6.07, 6.45) is 1.45. The number of hydrogen-bond donors (Lipinski definition) is 3. The molecule has 0 bridgehead atoms. The van der Waals surface area contributed by atoms with E-state index in [0.29, 0.717) is 15.7 Å². The van der Waals surface area contributed by atoms with E-state index in [1.165, 1.54) is 12.3 Å². The third kappa shape index (κ3) is 4.04. The highest BCUT2D eigenvalue weighted by atomic mass is 35.5. The van der Waals surface area contributed by atoms with Crippen molar-refractivity contribution in [3.63, 3.8) is 0 Å². The zero-order valence-electron chi connectivity index (χ0n) is 8.70. The Bertz CT molecular complexity index is 409. The minimum absolute atomic E-state index is 0.115. The van der Waals surface area contributed by atoms with Gasteiger partial charge in [0.25, 0.3) is 0 Å². The zero-order chi connectivity index (χ0) is 12.0. The highest BCUT2D eigenvalue weighted by Gasteiger charge is 1.98. The van der Waals surface area contributed by atoms with Gasteiger partial charge >= 0.3 is 0 Å². The van der Waals surface area contributed by atoms with Crippen LogP contribution in [-0.2, 0) is 0 Å². The lowest BCUT2D eigenvalue weighted by atomic mass is 10.2. The summed E-state index contributed by atoms with van der Waals surface area (Å²) >= 11 is 10.7. The summed E-state index contributed by atoms with van der Waals surface area (Å²) in [5.41, 5.74) is 3.14. The molecule has 1 aromatic carbocycles. The third-order valence-electron chi connectivity index (χ3n) is 1.70. The van der Waals surface area contributed by atoms with Crippen molar-refractivity contribution in [3.05, 3.63) is 28.8 Å². The molecule has 0 unspecified atom stereocenters. The van der Waals surface area contributed by atoms with Gasteiger partial charge in [0.1, 0.15) is 5.75 Å². The number of hydrogen-bond acceptors (Lipinski definition) is 3. The van der Waals surface area contributed by atoms with Crippen molar-refractivity contribution in [2.24, 2.45) is 5.10 Å². The van der Waals surface area contributed by atoms with E-state index in [9.17, 15) is 5.11 Å². The minimum atomic E-state index is 0.115. The molecule has 86 valence electrons. The quantitative estimate of drug-likeness (QED) is 0.440. The second-order valence-corrected chi connectivity index (χ2v) is 3.78. The van der Waals surface area contributed by atoms with Crippen LogP contribution in [0.5, 0.6) is 5.75 Å². The molecule has 16 heavy (non-hydrogen) atoms. The normalized spacial score (nSPS) is 10.4. The lowest BCUT2D eigenvalue weighted by Gasteiger charge is -2.03. The van der Waals surface area contributed by atoms with Crippen LogP contribution >= 0.6 is 23.8 Å².